The Morgan fingerprint density at radius 2 is 1.79 bits per heavy atom. The van der Waals surface area contributed by atoms with Gasteiger partial charge in [0.2, 0.25) is 5.95 Å². The van der Waals surface area contributed by atoms with E-state index in [1.807, 2.05) is 18.2 Å². The monoisotopic (exact) mass is 324 g/mol. The van der Waals surface area contributed by atoms with Gasteiger partial charge in [-0.1, -0.05) is 17.3 Å². The van der Waals surface area contributed by atoms with Crippen LogP contribution in [0.2, 0.25) is 0 Å². The van der Waals surface area contributed by atoms with Crippen LogP contribution >= 0.6 is 0 Å². The van der Waals surface area contributed by atoms with E-state index in [1.165, 1.54) is 9.58 Å². The van der Waals surface area contributed by atoms with Crippen LogP contribution in [0.3, 0.4) is 0 Å². The molecule has 1 aliphatic heterocycles. The number of hydrogen-bond donors (Lipinski definition) is 1. The maximum Gasteiger partial charge on any atom is 0.282 e. The van der Waals surface area contributed by atoms with Crippen molar-refractivity contribution in [2.24, 2.45) is 0 Å². The maximum atomic E-state index is 12.5. The van der Waals surface area contributed by atoms with Crippen LogP contribution in [-0.2, 0) is 6.67 Å². The Morgan fingerprint density at radius 3 is 2.58 bits per heavy atom. The van der Waals surface area contributed by atoms with E-state index < -0.39 is 0 Å². The molecule has 24 heavy (non-hydrogen) atoms. The Hall–Kier alpha value is -2.87. The number of nitrogens with one attached hydrogen (secondary N) is 1. The van der Waals surface area contributed by atoms with Gasteiger partial charge < -0.3 is 9.80 Å². The summed E-state index contributed by atoms with van der Waals surface area (Å²) in [4.78, 5) is 24.5. The van der Waals surface area contributed by atoms with E-state index in [9.17, 15) is 4.79 Å². The van der Waals surface area contributed by atoms with E-state index in [2.05, 4.69) is 25.2 Å². The van der Waals surface area contributed by atoms with Gasteiger partial charge in [0.1, 0.15) is 5.52 Å². The van der Waals surface area contributed by atoms with Crippen LogP contribution in [0.15, 0.2) is 47.5 Å². The van der Waals surface area contributed by atoms with E-state index in [-0.39, 0.29) is 5.56 Å². The van der Waals surface area contributed by atoms with Gasteiger partial charge in [-0.2, -0.15) is 4.68 Å². The minimum atomic E-state index is -0.0816. The van der Waals surface area contributed by atoms with Crippen molar-refractivity contribution in [1.82, 2.24) is 25.0 Å². The molecule has 0 saturated carbocycles. The second kappa shape index (κ2) is 6.32. The number of benzene rings is 1. The highest BCUT2D eigenvalue weighted by Gasteiger charge is 2.22. The Labute approximate surface area is 138 Å². The number of piperazine rings is 1. The molecular formula is C16H18N7O+. The van der Waals surface area contributed by atoms with Crippen LogP contribution in [0, 0.1) is 0 Å². The third-order valence-corrected chi connectivity index (χ3v) is 4.31. The first kappa shape index (κ1) is 14.7. The number of rotatable bonds is 3. The third kappa shape index (κ3) is 2.83. The molecule has 0 unspecified atom stereocenters. The highest BCUT2D eigenvalue weighted by atomic mass is 16.1. The second-order valence-electron chi connectivity index (χ2n) is 5.86. The van der Waals surface area contributed by atoms with Gasteiger partial charge in [0.05, 0.1) is 31.6 Å². The van der Waals surface area contributed by atoms with Crippen molar-refractivity contribution in [3.63, 3.8) is 0 Å². The smallest absolute Gasteiger partial charge is 0.282 e. The van der Waals surface area contributed by atoms with Gasteiger partial charge in [-0.05, 0) is 18.2 Å². The number of fused-ring (bicyclic) bond motifs is 1. The Balaban J connectivity index is 1.46. The van der Waals surface area contributed by atoms with E-state index in [1.54, 1.807) is 24.5 Å². The zero-order valence-corrected chi connectivity index (χ0v) is 13.2. The zero-order chi connectivity index (χ0) is 16.4. The van der Waals surface area contributed by atoms with Gasteiger partial charge in [-0.25, -0.2) is 9.97 Å². The molecule has 0 aliphatic carbocycles. The first-order valence-electron chi connectivity index (χ1n) is 7.99. The molecule has 122 valence electrons. The molecule has 0 radical (unpaired) electrons. The third-order valence-electron chi connectivity index (χ3n) is 4.31. The predicted molar refractivity (Wildman–Crippen MR) is 88.7 cm³/mol. The summed E-state index contributed by atoms with van der Waals surface area (Å²) in [5, 5.41) is 8.83. The van der Waals surface area contributed by atoms with Gasteiger partial charge in [0, 0.05) is 12.4 Å². The van der Waals surface area contributed by atoms with Gasteiger partial charge in [0.25, 0.3) is 5.56 Å². The van der Waals surface area contributed by atoms with Crippen LogP contribution < -0.4 is 15.4 Å². The van der Waals surface area contributed by atoms with Gasteiger partial charge in [0.15, 0.2) is 6.67 Å². The van der Waals surface area contributed by atoms with E-state index in [0.717, 1.165) is 32.1 Å². The Kier molecular flexibility index (Phi) is 3.87. The number of nitrogens with zero attached hydrogens (tertiary/aromatic N) is 6. The second-order valence-corrected chi connectivity index (χ2v) is 5.86. The average Bonchev–Trinajstić information content (AvgIpc) is 2.66. The summed E-state index contributed by atoms with van der Waals surface area (Å²) >= 11 is 0. The molecule has 2 aromatic heterocycles. The minimum Gasteiger partial charge on any atom is -0.330 e. The van der Waals surface area contributed by atoms with Crippen molar-refractivity contribution >= 4 is 16.9 Å². The molecule has 0 spiro atoms. The quantitative estimate of drug-likeness (QED) is 0.662. The Bertz CT molecular complexity index is 888. The van der Waals surface area contributed by atoms with Crippen molar-refractivity contribution in [1.29, 1.82) is 0 Å². The van der Waals surface area contributed by atoms with Gasteiger partial charge >= 0.3 is 0 Å². The summed E-state index contributed by atoms with van der Waals surface area (Å²) in [7, 11) is 0. The van der Waals surface area contributed by atoms with Crippen molar-refractivity contribution in [3.8, 4) is 0 Å². The summed E-state index contributed by atoms with van der Waals surface area (Å²) in [6.07, 6.45) is 3.51. The number of quaternary nitrogens is 1. The molecule has 1 N–H and O–H groups in total. The van der Waals surface area contributed by atoms with Crippen molar-refractivity contribution in [2.75, 3.05) is 31.1 Å². The average molecular weight is 324 g/mol. The molecule has 0 amide bonds. The molecule has 0 atom stereocenters. The number of aromatic nitrogens is 5. The fourth-order valence-corrected chi connectivity index (χ4v) is 2.97. The number of anilines is 1. The van der Waals surface area contributed by atoms with Crippen LogP contribution in [0.1, 0.15) is 0 Å². The fraction of sp³-hybridized carbons (Fsp3) is 0.312. The summed E-state index contributed by atoms with van der Waals surface area (Å²) in [6, 6.07) is 9.12. The molecule has 0 bridgehead atoms. The molecule has 3 aromatic rings. The van der Waals surface area contributed by atoms with Crippen molar-refractivity contribution < 1.29 is 4.90 Å². The topological polar surface area (TPSA) is 81.2 Å². The molecule has 4 rings (SSSR count). The molecular weight excluding hydrogens is 306 g/mol. The highest BCUT2D eigenvalue weighted by Crippen LogP contribution is 2.04. The van der Waals surface area contributed by atoms with E-state index >= 15 is 0 Å². The van der Waals surface area contributed by atoms with Gasteiger partial charge in [-0.3, -0.25) is 4.79 Å². The van der Waals surface area contributed by atoms with Crippen LogP contribution in [0.4, 0.5) is 5.95 Å². The lowest BCUT2D eigenvalue weighted by Crippen LogP contribution is -3.14. The highest BCUT2D eigenvalue weighted by molar-refractivity contribution is 5.76. The summed E-state index contributed by atoms with van der Waals surface area (Å²) in [5.41, 5.74) is 0.557. The van der Waals surface area contributed by atoms with Crippen LogP contribution in [0.5, 0.6) is 0 Å². The molecule has 1 fully saturated rings. The summed E-state index contributed by atoms with van der Waals surface area (Å²) in [6.45, 7) is 4.04. The molecule has 1 aromatic carbocycles. The SMILES string of the molecule is O=c1c2ccccc2nnn1C[NH+]1CCN(c2ncccn2)CC1. The normalized spacial score (nSPS) is 15.8. The van der Waals surface area contributed by atoms with Crippen molar-refractivity contribution in [2.45, 2.75) is 6.67 Å². The first-order chi connectivity index (χ1) is 11.8. The molecule has 8 nitrogen and oxygen atoms in total. The molecule has 1 aliphatic rings. The van der Waals surface area contributed by atoms with E-state index in [0.29, 0.717) is 17.6 Å². The number of hydrogen-bond acceptors (Lipinski definition) is 6. The Morgan fingerprint density at radius 1 is 1.04 bits per heavy atom. The minimum absolute atomic E-state index is 0.0816. The lowest BCUT2D eigenvalue weighted by atomic mass is 10.2. The molecule has 1 saturated heterocycles. The predicted octanol–water partition coefficient (Wildman–Crippen LogP) is -1.06. The van der Waals surface area contributed by atoms with Gasteiger partial charge in [-0.15, -0.1) is 5.10 Å². The largest absolute Gasteiger partial charge is 0.330 e. The lowest BCUT2D eigenvalue weighted by Gasteiger charge is -2.31. The molecule has 3 heterocycles. The zero-order valence-electron chi connectivity index (χ0n) is 13.2. The summed E-state index contributed by atoms with van der Waals surface area (Å²) in [5.74, 6) is 0.763. The molecule has 8 heteroatoms. The first-order valence-corrected chi connectivity index (χ1v) is 7.99. The lowest BCUT2D eigenvalue weighted by molar-refractivity contribution is -0.924. The van der Waals surface area contributed by atoms with E-state index in [4.69, 9.17) is 0 Å². The van der Waals surface area contributed by atoms with Crippen LogP contribution in [-0.4, -0.2) is 51.1 Å². The van der Waals surface area contributed by atoms with Crippen molar-refractivity contribution in [3.05, 3.63) is 53.1 Å². The van der Waals surface area contributed by atoms with Crippen LogP contribution in [0.25, 0.3) is 10.9 Å². The standard InChI is InChI=1S/C16H17N7O/c24-15-13-4-1-2-5-14(13)19-20-23(15)12-21-8-10-22(11-9-21)16-17-6-3-7-18-16/h1-7H,8-12H2/p+1. The summed E-state index contributed by atoms with van der Waals surface area (Å²) < 4.78 is 1.46. The fourth-order valence-electron chi connectivity index (χ4n) is 2.97. The maximum absolute atomic E-state index is 12.5.